The van der Waals surface area contributed by atoms with Gasteiger partial charge in [0.2, 0.25) is 0 Å². The average Bonchev–Trinajstić information content (AvgIpc) is 3.47. The Morgan fingerprint density at radius 1 is 0.494 bits per heavy atom. The minimum Gasteiger partial charge on any atom is -1.00 e. The molecule has 0 aromatic heterocycles. The zero-order valence-corrected chi connectivity index (χ0v) is 59.5. The SMILES string of the molecule is C.COCCBr.COCCOC1CCC(N(Cc2ccccc2)Cc2ccccc2)CC1.COCCOC1CCC(N)CC1.NC1CCC(O)CC1.O=CO[O-].OC1CCC(N(Cc2ccccc2)Cc2ccccc2)CC1.[H-].[H-].[K+].[K+].[Na+]. The van der Waals surface area contributed by atoms with Gasteiger partial charge in [-0.25, -0.2) is 0 Å². The minimum absolute atomic E-state index is 0. The Balaban J connectivity index is -0.000000494. The molecule has 0 aliphatic heterocycles. The van der Waals surface area contributed by atoms with Crippen LogP contribution in [0.15, 0.2) is 121 Å². The maximum atomic E-state index is 9.77. The van der Waals surface area contributed by atoms with Crippen LogP contribution in [0.2, 0.25) is 0 Å². The molecule has 4 aliphatic carbocycles. The van der Waals surface area contributed by atoms with Crippen LogP contribution in [0.1, 0.15) is 135 Å². The van der Waals surface area contributed by atoms with Crippen LogP contribution in [-0.2, 0) is 59.5 Å². The van der Waals surface area contributed by atoms with Crippen molar-refractivity contribution < 1.29 is 184 Å². The van der Waals surface area contributed by atoms with Crippen LogP contribution >= 0.6 is 15.9 Å². The average molecular weight is 1260 g/mol. The summed E-state index contributed by atoms with van der Waals surface area (Å²) >= 11 is 3.18. The Kier molecular flexibility index (Phi) is 57.8. The summed E-state index contributed by atoms with van der Waals surface area (Å²) in [4.78, 5) is 16.5. The van der Waals surface area contributed by atoms with Gasteiger partial charge < -0.3 is 58.4 Å². The van der Waals surface area contributed by atoms with Gasteiger partial charge in [0.25, 0.3) is 6.47 Å². The quantitative estimate of drug-likeness (QED) is 0.0232. The summed E-state index contributed by atoms with van der Waals surface area (Å²) in [6.07, 6.45) is 17.7. The molecule has 4 saturated carbocycles. The van der Waals surface area contributed by atoms with Gasteiger partial charge in [0.05, 0.1) is 57.5 Å². The maximum Gasteiger partial charge on any atom is 1.00 e. The number of benzene rings is 4. The van der Waals surface area contributed by atoms with Crippen molar-refractivity contribution in [3.63, 3.8) is 0 Å². The molecule has 4 aliphatic rings. The van der Waals surface area contributed by atoms with Gasteiger partial charge in [-0.05, 0) is 125 Å². The van der Waals surface area contributed by atoms with E-state index in [0.717, 1.165) is 135 Å². The van der Waals surface area contributed by atoms with Gasteiger partial charge in [0.15, 0.2) is 0 Å². The van der Waals surface area contributed by atoms with Crippen LogP contribution in [0, 0.1) is 0 Å². The summed E-state index contributed by atoms with van der Waals surface area (Å²) in [5, 5.41) is 28.1. The number of halogens is 1. The molecular weight excluding hydrogens is 1150 g/mol. The standard InChI is InChI=1S/C23H31NO2.C20H25NO.C9H19NO2.C6H13NO.C3H7BrO.CH2O3.CH4.2K.Na.2H/c1-25-16-17-26-23-14-12-22(13-15-23)24(18-20-8-4-2-5-9-20)19-21-10-6-3-7-11-21;22-20-13-11-19(12-14-20)21(15-17-7-3-1-4-8-17)16-18-9-5-2-6-10-18;1-11-6-7-12-9-4-2-8(10)3-5-9;7-5-1-3-6(8)4-2-5;1-5-3-2-4;2-1-4-3;;;;;;/h2-11,22-23H,12-19H2,1H3;1-10,19-20,22H,11-16H2;8-9H,2-7,10H2,1H3;5-6,8H,1-4,7H2;2-3H2,1H3;1,3H;1H4;;;;;/q;;;;;;;3*+1;2*-1/p-1. The fourth-order valence-electron chi connectivity index (χ4n) is 9.93. The van der Waals surface area contributed by atoms with Crippen LogP contribution in [-0.4, -0.2) is 135 Å². The Hall–Kier alpha value is 0.623. The number of rotatable bonds is 21. The molecule has 4 aromatic carbocycles. The first kappa shape index (κ1) is 83.7. The molecule has 81 heavy (non-hydrogen) atoms. The van der Waals surface area contributed by atoms with Crippen molar-refractivity contribution in [2.45, 2.75) is 185 Å². The van der Waals surface area contributed by atoms with Crippen LogP contribution in [0.3, 0.4) is 0 Å². The second-order valence-electron chi connectivity index (χ2n) is 20.4. The largest absolute Gasteiger partial charge is 1.00 e. The van der Waals surface area contributed by atoms with E-state index in [0.29, 0.717) is 56.2 Å². The van der Waals surface area contributed by atoms with E-state index in [4.69, 9.17) is 45.6 Å². The molecule has 14 nitrogen and oxygen atoms in total. The minimum atomic E-state index is -0.181. The number of hydrogen-bond acceptors (Lipinski definition) is 14. The number of carbonyl (C=O) groups is 1. The van der Waals surface area contributed by atoms with Crippen molar-refractivity contribution in [1.29, 1.82) is 0 Å². The van der Waals surface area contributed by atoms with Gasteiger partial charge in [0, 0.05) is 77.0 Å². The van der Waals surface area contributed by atoms with Gasteiger partial charge >= 0.3 is 132 Å². The first-order valence-corrected chi connectivity index (χ1v) is 29.2. The molecule has 0 unspecified atom stereocenters. The summed E-state index contributed by atoms with van der Waals surface area (Å²) in [5.41, 5.74) is 16.9. The third-order valence-electron chi connectivity index (χ3n) is 14.3. The molecule has 0 bridgehead atoms. The summed E-state index contributed by atoms with van der Waals surface area (Å²) in [6, 6.07) is 45.0. The van der Waals surface area contributed by atoms with E-state index in [2.05, 4.69) is 157 Å². The van der Waals surface area contributed by atoms with Gasteiger partial charge in [-0.2, -0.15) is 0 Å². The Bertz CT molecular complexity index is 1860. The predicted octanol–water partition coefficient (Wildman–Crippen LogP) is 1.16. The topological polar surface area (TPSA) is 194 Å². The van der Waals surface area contributed by atoms with E-state index in [-0.39, 0.29) is 161 Å². The second kappa shape index (κ2) is 55.9. The molecule has 0 atom stereocenters. The number of aliphatic hydroxyl groups excluding tert-OH is 2. The zero-order valence-electron chi connectivity index (χ0n) is 51.7. The van der Waals surface area contributed by atoms with Gasteiger partial charge in [-0.3, -0.25) is 14.6 Å². The Morgan fingerprint density at radius 3 is 1.00 bits per heavy atom. The molecule has 4 aromatic rings. The number of hydrogen-bond donors (Lipinski definition) is 4. The fraction of sp³-hybridized carbons (Fsp3) is 0.603. The number of aliphatic hydroxyl groups is 2. The van der Waals surface area contributed by atoms with Crippen LogP contribution in [0.4, 0.5) is 0 Å². The van der Waals surface area contributed by atoms with Crippen LogP contribution in [0.5, 0.6) is 0 Å². The van der Waals surface area contributed by atoms with E-state index in [1.165, 1.54) is 35.1 Å². The third kappa shape index (κ3) is 41.5. The zero-order chi connectivity index (χ0) is 55.6. The Morgan fingerprint density at radius 2 is 0.753 bits per heavy atom. The van der Waals surface area contributed by atoms with E-state index < -0.39 is 0 Å². The molecule has 0 heterocycles. The number of nitrogens with zero attached hydrogens (tertiary/aromatic N) is 2. The molecule has 444 valence electrons. The van der Waals surface area contributed by atoms with Crippen molar-refractivity contribution in [2.24, 2.45) is 11.5 Å². The van der Waals surface area contributed by atoms with Crippen molar-refractivity contribution in [2.75, 3.05) is 59.7 Å². The predicted molar refractivity (Wildman–Crippen MR) is 319 cm³/mol. The summed E-state index contributed by atoms with van der Waals surface area (Å²) in [7, 11) is 5.10. The Labute approximate surface area is 607 Å². The summed E-state index contributed by atoms with van der Waals surface area (Å²) in [5.74, 6) is 0. The molecule has 6 N–H and O–H groups in total. The molecule has 18 heteroatoms. The van der Waals surface area contributed by atoms with E-state index in [1.54, 1.807) is 21.3 Å². The molecule has 4 fully saturated rings. The molecule has 0 amide bonds. The van der Waals surface area contributed by atoms with Crippen molar-refractivity contribution in [3.8, 4) is 0 Å². The molecule has 0 saturated heterocycles. The maximum absolute atomic E-state index is 9.77. The van der Waals surface area contributed by atoms with Gasteiger partial charge in [-0.1, -0.05) is 145 Å². The van der Waals surface area contributed by atoms with E-state index in [1.807, 2.05) is 0 Å². The first-order chi connectivity index (χ1) is 37.6. The number of carbonyl (C=O) groups excluding carboxylic acids is 1. The summed E-state index contributed by atoms with van der Waals surface area (Å²) in [6.45, 7) is 7.43. The first-order valence-electron chi connectivity index (χ1n) is 28.1. The third-order valence-corrected chi connectivity index (χ3v) is 14.6. The van der Waals surface area contributed by atoms with Crippen LogP contribution in [0.25, 0.3) is 0 Å². The van der Waals surface area contributed by atoms with Crippen molar-refractivity contribution in [3.05, 3.63) is 144 Å². The summed E-state index contributed by atoms with van der Waals surface area (Å²) < 4.78 is 26.2. The molecule has 0 spiro atoms. The number of methoxy groups -OCH3 is 3. The smallest absolute Gasteiger partial charge is 1.00 e. The van der Waals surface area contributed by atoms with Gasteiger partial charge in [0.1, 0.15) is 0 Å². The van der Waals surface area contributed by atoms with Gasteiger partial charge in [-0.15, -0.1) is 0 Å². The monoisotopic (exact) mass is 1250 g/mol. The number of ether oxygens (including phenoxy) is 5. The van der Waals surface area contributed by atoms with Crippen molar-refractivity contribution >= 4 is 22.4 Å². The van der Waals surface area contributed by atoms with Crippen LogP contribution < -0.4 is 149 Å². The molecular formula is C63H102BrK2N4NaO10. The number of alkyl halides is 1. The molecule has 0 radical (unpaired) electrons. The normalized spacial score (nSPS) is 21.7. The number of nitrogens with two attached hydrogens (primary N) is 2. The second-order valence-corrected chi connectivity index (χ2v) is 21.1. The molecule has 8 rings (SSSR count). The van der Waals surface area contributed by atoms with Crippen molar-refractivity contribution in [1.82, 2.24) is 9.80 Å². The van der Waals surface area contributed by atoms with E-state index in [9.17, 15) is 5.11 Å². The van der Waals surface area contributed by atoms with E-state index >= 15 is 0 Å². The fourth-order valence-corrected chi connectivity index (χ4v) is 10.3.